The number of carboxylic acid groups (broad SMARTS) is 1. The smallest absolute Gasteiger partial charge is 0.320 e. The first kappa shape index (κ1) is 16.1. The molecule has 2 aromatic rings. The quantitative estimate of drug-likeness (QED) is 0.911. The molecule has 0 saturated carbocycles. The average molecular weight is 296 g/mol. The van der Waals surface area contributed by atoms with E-state index in [1.807, 2.05) is 0 Å². The molecule has 0 aliphatic rings. The first-order valence-corrected chi connectivity index (χ1v) is 5.90. The number of nitrogens with two attached hydrogens (primary N) is 1. The van der Waals surface area contributed by atoms with Crippen LogP contribution in [0.3, 0.4) is 0 Å². The van der Waals surface area contributed by atoms with Gasteiger partial charge in [-0.25, -0.2) is 4.39 Å². The third-order valence-corrected chi connectivity index (χ3v) is 2.91. The standard InChI is InChI=1S/C15H14FNO2.ClH/c16-13-4-2-1-3-12(13)11-7-5-10(6-8-11)9-14(17)15(18)19;/h1-8,14H,9,17H2,(H,18,19);1H. The molecule has 1 atom stereocenters. The number of hydrogen-bond acceptors (Lipinski definition) is 2. The van der Waals surface area contributed by atoms with E-state index in [0.29, 0.717) is 5.56 Å². The zero-order chi connectivity index (χ0) is 13.8. The highest BCUT2D eigenvalue weighted by Gasteiger charge is 2.12. The summed E-state index contributed by atoms with van der Waals surface area (Å²) in [7, 11) is 0. The van der Waals surface area contributed by atoms with Gasteiger partial charge in [-0.15, -0.1) is 12.4 Å². The van der Waals surface area contributed by atoms with Crippen molar-refractivity contribution in [1.82, 2.24) is 0 Å². The zero-order valence-corrected chi connectivity index (χ0v) is 11.4. The van der Waals surface area contributed by atoms with Crippen LogP contribution >= 0.6 is 12.4 Å². The van der Waals surface area contributed by atoms with Gasteiger partial charge in [-0.1, -0.05) is 42.5 Å². The van der Waals surface area contributed by atoms with Gasteiger partial charge in [0.1, 0.15) is 11.9 Å². The van der Waals surface area contributed by atoms with Crippen LogP contribution in [0.25, 0.3) is 11.1 Å². The van der Waals surface area contributed by atoms with Crippen LogP contribution < -0.4 is 5.73 Å². The number of carboxylic acids is 1. The van der Waals surface area contributed by atoms with Gasteiger partial charge in [0.25, 0.3) is 0 Å². The molecule has 106 valence electrons. The largest absolute Gasteiger partial charge is 0.480 e. The maximum Gasteiger partial charge on any atom is 0.320 e. The number of carbonyl (C=O) groups is 1. The number of hydrogen-bond donors (Lipinski definition) is 2. The second kappa shape index (κ2) is 7.03. The minimum absolute atomic E-state index is 0. The molecule has 0 aliphatic heterocycles. The van der Waals surface area contributed by atoms with Gasteiger partial charge < -0.3 is 10.8 Å². The molecule has 3 nitrogen and oxygen atoms in total. The summed E-state index contributed by atoms with van der Waals surface area (Å²) in [4.78, 5) is 10.7. The summed E-state index contributed by atoms with van der Waals surface area (Å²) in [5.74, 6) is -1.31. The first-order valence-electron chi connectivity index (χ1n) is 5.90. The van der Waals surface area contributed by atoms with Crippen molar-refractivity contribution in [2.75, 3.05) is 0 Å². The molecule has 0 bridgehead atoms. The van der Waals surface area contributed by atoms with Gasteiger partial charge in [-0.05, 0) is 23.6 Å². The van der Waals surface area contributed by atoms with Crippen LogP contribution in [0.1, 0.15) is 5.56 Å². The predicted molar refractivity (Wildman–Crippen MR) is 78.4 cm³/mol. The molecule has 0 fully saturated rings. The molecule has 0 heterocycles. The second-order valence-corrected chi connectivity index (χ2v) is 4.33. The fourth-order valence-corrected chi connectivity index (χ4v) is 1.86. The van der Waals surface area contributed by atoms with Crippen LogP contribution in [-0.2, 0) is 11.2 Å². The van der Waals surface area contributed by atoms with Crippen molar-refractivity contribution in [1.29, 1.82) is 0 Å². The molecule has 0 saturated heterocycles. The Morgan fingerprint density at radius 2 is 1.75 bits per heavy atom. The van der Waals surface area contributed by atoms with Gasteiger partial charge >= 0.3 is 5.97 Å². The fraction of sp³-hybridized carbons (Fsp3) is 0.133. The maximum absolute atomic E-state index is 13.6. The Balaban J connectivity index is 0.00000200. The Bertz CT molecular complexity index is 587. The van der Waals surface area contributed by atoms with Crippen molar-refractivity contribution in [3.8, 4) is 11.1 Å². The van der Waals surface area contributed by atoms with E-state index in [0.717, 1.165) is 11.1 Å². The molecule has 5 heteroatoms. The van der Waals surface area contributed by atoms with E-state index in [1.165, 1.54) is 6.07 Å². The van der Waals surface area contributed by atoms with Crippen LogP contribution in [0.5, 0.6) is 0 Å². The lowest BCUT2D eigenvalue weighted by Crippen LogP contribution is -2.32. The van der Waals surface area contributed by atoms with Crippen LogP contribution in [0, 0.1) is 5.82 Å². The van der Waals surface area contributed by atoms with E-state index in [9.17, 15) is 9.18 Å². The molecule has 0 aliphatic carbocycles. The minimum atomic E-state index is -1.03. The van der Waals surface area contributed by atoms with E-state index >= 15 is 0 Å². The van der Waals surface area contributed by atoms with E-state index < -0.39 is 12.0 Å². The Kier molecular flexibility index (Phi) is 5.67. The van der Waals surface area contributed by atoms with E-state index in [-0.39, 0.29) is 24.6 Å². The summed E-state index contributed by atoms with van der Waals surface area (Å²) in [6, 6.07) is 12.7. The fourth-order valence-electron chi connectivity index (χ4n) is 1.86. The Morgan fingerprint density at radius 3 is 2.30 bits per heavy atom. The molecule has 20 heavy (non-hydrogen) atoms. The predicted octanol–water partition coefficient (Wildman–Crippen LogP) is 2.87. The molecule has 2 rings (SSSR count). The highest BCUT2D eigenvalue weighted by molar-refractivity contribution is 5.85. The third-order valence-electron chi connectivity index (χ3n) is 2.91. The van der Waals surface area contributed by atoms with Gasteiger partial charge in [0, 0.05) is 5.56 Å². The second-order valence-electron chi connectivity index (χ2n) is 4.33. The lowest BCUT2D eigenvalue weighted by molar-refractivity contribution is -0.138. The van der Waals surface area contributed by atoms with Crippen molar-refractivity contribution >= 4 is 18.4 Å². The number of halogens is 2. The summed E-state index contributed by atoms with van der Waals surface area (Å²) in [5, 5.41) is 8.74. The van der Waals surface area contributed by atoms with Crippen molar-refractivity contribution in [2.24, 2.45) is 5.73 Å². The summed E-state index contributed by atoms with van der Waals surface area (Å²) in [6.45, 7) is 0. The van der Waals surface area contributed by atoms with Crippen molar-refractivity contribution in [3.05, 3.63) is 59.9 Å². The van der Waals surface area contributed by atoms with Crippen LogP contribution in [0.4, 0.5) is 4.39 Å². The molecule has 0 radical (unpaired) electrons. The highest BCUT2D eigenvalue weighted by Crippen LogP contribution is 2.22. The SMILES string of the molecule is Cl.NC(Cc1ccc(-c2ccccc2F)cc1)C(=O)O. The lowest BCUT2D eigenvalue weighted by Gasteiger charge is -2.08. The van der Waals surface area contributed by atoms with Crippen LogP contribution in [0.2, 0.25) is 0 Å². The van der Waals surface area contributed by atoms with Gasteiger partial charge in [-0.2, -0.15) is 0 Å². The van der Waals surface area contributed by atoms with Gasteiger partial charge in [0.2, 0.25) is 0 Å². The monoisotopic (exact) mass is 295 g/mol. The molecule has 3 N–H and O–H groups in total. The lowest BCUT2D eigenvalue weighted by atomic mass is 10.0. The van der Waals surface area contributed by atoms with Crippen LogP contribution in [-0.4, -0.2) is 17.1 Å². The number of rotatable bonds is 4. The van der Waals surface area contributed by atoms with Crippen molar-refractivity contribution in [3.63, 3.8) is 0 Å². The summed E-state index contributed by atoms with van der Waals surface area (Å²) in [5.41, 5.74) is 7.56. The topological polar surface area (TPSA) is 63.3 Å². The average Bonchev–Trinajstić information content (AvgIpc) is 2.40. The summed E-state index contributed by atoms with van der Waals surface area (Å²) >= 11 is 0. The van der Waals surface area contributed by atoms with E-state index in [1.54, 1.807) is 42.5 Å². The highest BCUT2D eigenvalue weighted by atomic mass is 35.5. The molecule has 0 aromatic heterocycles. The van der Waals surface area contributed by atoms with Gasteiger partial charge in [0.15, 0.2) is 0 Å². The van der Waals surface area contributed by atoms with Crippen LogP contribution in [0.15, 0.2) is 48.5 Å². The zero-order valence-electron chi connectivity index (χ0n) is 10.6. The van der Waals surface area contributed by atoms with Crippen molar-refractivity contribution < 1.29 is 14.3 Å². The minimum Gasteiger partial charge on any atom is -0.480 e. The van der Waals surface area contributed by atoms with E-state index in [4.69, 9.17) is 10.8 Å². The van der Waals surface area contributed by atoms with Gasteiger partial charge in [-0.3, -0.25) is 4.79 Å². The normalized spacial score (nSPS) is 11.5. The molecular formula is C15H15ClFNO2. The first-order chi connectivity index (χ1) is 9.08. The molecule has 0 spiro atoms. The number of aliphatic carboxylic acids is 1. The Morgan fingerprint density at radius 1 is 1.15 bits per heavy atom. The maximum atomic E-state index is 13.6. The Hall–Kier alpha value is -1.91. The third kappa shape index (κ3) is 3.79. The summed E-state index contributed by atoms with van der Waals surface area (Å²) < 4.78 is 13.6. The van der Waals surface area contributed by atoms with Crippen molar-refractivity contribution in [2.45, 2.75) is 12.5 Å². The molecule has 1 unspecified atom stereocenters. The van der Waals surface area contributed by atoms with E-state index in [2.05, 4.69) is 0 Å². The molecule has 2 aromatic carbocycles. The Labute approximate surface area is 122 Å². The summed E-state index contributed by atoms with van der Waals surface area (Å²) in [6.07, 6.45) is 0.257. The molecular weight excluding hydrogens is 281 g/mol. The number of benzene rings is 2. The van der Waals surface area contributed by atoms with Gasteiger partial charge in [0.05, 0.1) is 0 Å². The molecule has 0 amide bonds.